The zero-order valence-corrected chi connectivity index (χ0v) is 9.82. The van der Waals surface area contributed by atoms with Gasteiger partial charge in [-0.05, 0) is 27.3 Å². The van der Waals surface area contributed by atoms with E-state index in [1.54, 1.807) is 0 Å². The van der Waals surface area contributed by atoms with Gasteiger partial charge in [0.05, 0.1) is 16.3 Å². The van der Waals surface area contributed by atoms with E-state index in [0.29, 0.717) is 5.69 Å². The molecule has 3 N–H and O–H groups in total. The van der Waals surface area contributed by atoms with Crippen LogP contribution in [0.2, 0.25) is 0 Å². The third kappa shape index (κ3) is 2.90. The van der Waals surface area contributed by atoms with Crippen molar-refractivity contribution in [2.24, 2.45) is 0 Å². The first kappa shape index (κ1) is 12.4. The molecule has 1 aromatic rings. The Kier molecular flexibility index (Phi) is 3.79. The Morgan fingerprint density at radius 2 is 2.12 bits per heavy atom. The Labute approximate surface area is 93.7 Å². The Morgan fingerprint density at radius 1 is 1.50 bits per heavy atom. The lowest BCUT2D eigenvalue weighted by Gasteiger charge is -2.09. The molecule has 0 aliphatic heterocycles. The number of nitrogens with zero attached hydrogens (tertiary/aromatic N) is 1. The Bertz CT molecular complexity index is 434. The summed E-state index contributed by atoms with van der Waals surface area (Å²) in [5, 5.41) is 13.1. The number of carbonyl (C=O) groups is 1. The molecule has 0 aliphatic rings. The summed E-state index contributed by atoms with van der Waals surface area (Å²) in [4.78, 5) is 21.3. The van der Waals surface area contributed by atoms with Gasteiger partial charge in [-0.15, -0.1) is 0 Å². The minimum Gasteiger partial charge on any atom is -0.397 e. The molecule has 86 valence electrons. The van der Waals surface area contributed by atoms with Crippen LogP contribution >= 0.6 is 7.92 Å². The zero-order valence-electron chi connectivity index (χ0n) is 8.93. The fourth-order valence-electron chi connectivity index (χ4n) is 1.00. The Balaban J connectivity index is 2.91. The first-order valence-electron chi connectivity index (χ1n) is 4.44. The highest BCUT2D eigenvalue weighted by atomic mass is 31.1. The predicted octanol–water partition coefficient (Wildman–Crippen LogP) is 2.45. The van der Waals surface area contributed by atoms with Crippen LogP contribution in [0.15, 0.2) is 18.2 Å². The van der Waals surface area contributed by atoms with Crippen molar-refractivity contribution in [2.75, 3.05) is 24.4 Å². The molecule has 0 saturated heterocycles. The summed E-state index contributed by atoms with van der Waals surface area (Å²) in [7, 11) is -0.757. The largest absolute Gasteiger partial charge is 0.397 e. The zero-order chi connectivity index (χ0) is 12.3. The average Bonchev–Trinajstić information content (AvgIpc) is 2.20. The number of nitrogen functional groups attached to an aromatic ring is 1. The number of benzene rings is 1. The molecule has 1 amide bonds. The van der Waals surface area contributed by atoms with Gasteiger partial charge < -0.3 is 11.1 Å². The van der Waals surface area contributed by atoms with Crippen molar-refractivity contribution >= 4 is 30.6 Å². The summed E-state index contributed by atoms with van der Waals surface area (Å²) in [5.74, 6) is 0. The lowest BCUT2D eigenvalue weighted by molar-refractivity contribution is -0.384. The fourth-order valence-corrected chi connectivity index (χ4v) is 1.35. The van der Waals surface area contributed by atoms with E-state index in [1.807, 2.05) is 13.3 Å². The van der Waals surface area contributed by atoms with Gasteiger partial charge in [-0.3, -0.25) is 14.9 Å². The fraction of sp³-hybridized carbons (Fsp3) is 0.222. The number of nitrogens with one attached hydrogen (secondary N) is 1. The van der Waals surface area contributed by atoms with E-state index >= 15 is 0 Å². The lowest BCUT2D eigenvalue weighted by atomic mass is 10.2. The quantitative estimate of drug-likeness (QED) is 0.367. The standard InChI is InChI=1S/C9H12N3O3P/c1-16(2)9(13)11-8-4-3-6(12(14)15)5-7(8)10/h3-5H,10H2,1-2H3,(H,11,13). The van der Waals surface area contributed by atoms with Crippen LogP contribution < -0.4 is 11.1 Å². The minimum atomic E-state index is -0.757. The first-order chi connectivity index (χ1) is 7.41. The van der Waals surface area contributed by atoms with E-state index in [-0.39, 0.29) is 17.0 Å². The van der Waals surface area contributed by atoms with E-state index in [0.717, 1.165) is 0 Å². The molecule has 0 spiro atoms. The van der Waals surface area contributed by atoms with Crippen molar-refractivity contribution in [3.05, 3.63) is 28.3 Å². The van der Waals surface area contributed by atoms with Gasteiger partial charge in [-0.2, -0.15) is 0 Å². The van der Waals surface area contributed by atoms with E-state index < -0.39 is 12.8 Å². The molecule has 0 atom stereocenters. The van der Waals surface area contributed by atoms with Crippen LogP contribution in [-0.4, -0.2) is 23.9 Å². The van der Waals surface area contributed by atoms with E-state index in [9.17, 15) is 14.9 Å². The summed E-state index contributed by atoms with van der Waals surface area (Å²) in [6.07, 6.45) is 0. The van der Waals surface area contributed by atoms with Gasteiger partial charge in [0.2, 0.25) is 5.65 Å². The van der Waals surface area contributed by atoms with Gasteiger partial charge in [-0.1, -0.05) is 0 Å². The van der Waals surface area contributed by atoms with Gasteiger partial charge in [-0.25, -0.2) is 0 Å². The maximum Gasteiger partial charge on any atom is 0.271 e. The molecule has 7 heteroatoms. The second kappa shape index (κ2) is 4.90. The third-order valence-corrected chi connectivity index (χ3v) is 2.82. The lowest BCUT2D eigenvalue weighted by Crippen LogP contribution is -2.08. The van der Waals surface area contributed by atoms with Crippen LogP contribution in [-0.2, 0) is 0 Å². The highest BCUT2D eigenvalue weighted by Gasteiger charge is 2.12. The van der Waals surface area contributed by atoms with Crippen molar-refractivity contribution in [2.45, 2.75) is 0 Å². The Morgan fingerprint density at radius 3 is 2.56 bits per heavy atom. The second-order valence-electron chi connectivity index (χ2n) is 3.35. The molecular weight excluding hydrogens is 229 g/mol. The molecular formula is C9H12N3O3P. The van der Waals surface area contributed by atoms with Gasteiger partial charge in [0.1, 0.15) is 0 Å². The average molecular weight is 241 g/mol. The number of anilines is 2. The van der Waals surface area contributed by atoms with Crippen LogP contribution in [0, 0.1) is 10.1 Å². The monoisotopic (exact) mass is 241 g/mol. The third-order valence-electron chi connectivity index (χ3n) is 1.89. The molecule has 1 aromatic carbocycles. The SMILES string of the molecule is CP(C)C(=O)Nc1ccc([N+](=O)[O-])cc1N. The summed E-state index contributed by atoms with van der Waals surface area (Å²) >= 11 is 0. The number of nitro groups is 1. The number of rotatable bonds is 3. The van der Waals surface area contributed by atoms with Crippen molar-refractivity contribution in [1.82, 2.24) is 0 Å². The maximum absolute atomic E-state index is 11.4. The van der Waals surface area contributed by atoms with Gasteiger partial charge in [0, 0.05) is 12.1 Å². The number of hydrogen-bond acceptors (Lipinski definition) is 4. The van der Waals surface area contributed by atoms with E-state index in [2.05, 4.69) is 5.32 Å². The summed E-state index contributed by atoms with van der Waals surface area (Å²) in [5.41, 5.74) is 5.99. The molecule has 0 saturated carbocycles. The predicted molar refractivity (Wildman–Crippen MR) is 65.3 cm³/mol. The molecule has 0 bridgehead atoms. The molecule has 6 nitrogen and oxygen atoms in total. The van der Waals surface area contributed by atoms with E-state index in [4.69, 9.17) is 5.73 Å². The molecule has 1 rings (SSSR count). The number of non-ortho nitro benzene ring substituents is 1. The molecule has 0 unspecified atom stereocenters. The molecule has 0 fully saturated rings. The number of nitro benzene ring substituents is 1. The van der Waals surface area contributed by atoms with Crippen molar-refractivity contribution in [3.8, 4) is 0 Å². The normalized spacial score (nSPS) is 10.2. The molecule has 16 heavy (non-hydrogen) atoms. The number of nitrogens with two attached hydrogens (primary N) is 1. The van der Waals surface area contributed by atoms with Crippen LogP contribution in [0.5, 0.6) is 0 Å². The topological polar surface area (TPSA) is 98.3 Å². The van der Waals surface area contributed by atoms with Crippen LogP contribution in [0.1, 0.15) is 0 Å². The summed E-state index contributed by atoms with van der Waals surface area (Å²) < 4.78 is 0. The molecule has 0 radical (unpaired) electrons. The molecule has 0 aromatic heterocycles. The van der Waals surface area contributed by atoms with Gasteiger partial charge in [0.15, 0.2) is 0 Å². The van der Waals surface area contributed by atoms with Crippen LogP contribution in [0.3, 0.4) is 0 Å². The van der Waals surface area contributed by atoms with Crippen molar-refractivity contribution < 1.29 is 9.72 Å². The van der Waals surface area contributed by atoms with Crippen LogP contribution in [0.25, 0.3) is 0 Å². The van der Waals surface area contributed by atoms with Crippen LogP contribution in [0.4, 0.5) is 21.9 Å². The minimum absolute atomic E-state index is 0.0919. The van der Waals surface area contributed by atoms with Crippen molar-refractivity contribution in [1.29, 1.82) is 0 Å². The number of amides is 1. The molecule has 0 aliphatic carbocycles. The second-order valence-corrected chi connectivity index (χ2v) is 5.55. The highest BCUT2D eigenvalue weighted by molar-refractivity contribution is 7.73. The maximum atomic E-state index is 11.4. The van der Waals surface area contributed by atoms with Crippen molar-refractivity contribution in [3.63, 3.8) is 0 Å². The van der Waals surface area contributed by atoms with E-state index in [1.165, 1.54) is 18.2 Å². The highest BCUT2D eigenvalue weighted by Crippen LogP contribution is 2.30. The summed E-state index contributed by atoms with van der Waals surface area (Å²) in [6, 6.07) is 3.97. The first-order valence-corrected chi connectivity index (χ1v) is 6.67. The number of hydrogen-bond donors (Lipinski definition) is 2. The number of carbonyl (C=O) groups excluding carboxylic acids is 1. The van der Waals surface area contributed by atoms with Gasteiger partial charge in [0.25, 0.3) is 5.69 Å². The Hall–Kier alpha value is -1.68. The van der Waals surface area contributed by atoms with Gasteiger partial charge >= 0.3 is 0 Å². The molecule has 0 heterocycles. The summed E-state index contributed by atoms with van der Waals surface area (Å²) in [6.45, 7) is 3.62. The smallest absolute Gasteiger partial charge is 0.271 e.